The standard InChI is InChI=1S/C19H21N3O/c1-14-8-10-16(11-9-14)23-19-17(12-13-20)18(21-22(19)2)15-6-4-3-5-7-15/h3-11H,12-13,20H2,1-2H3. The maximum atomic E-state index is 6.09. The van der Waals surface area contributed by atoms with Crippen LogP contribution in [0.1, 0.15) is 11.1 Å². The lowest BCUT2D eigenvalue weighted by Gasteiger charge is -2.09. The molecule has 2 aromatic carbocycles. The van der Waals surface area contributed by atoms with Crippen molar-refractivity contribution in [3.8, 4) is 22.9 Å². The van der Waals surface area contributed by atoms with Crippen LogP contribution in [0.2, 0.25) is 0 Å². The van der Waals surface area contributed by atoms with Crippen LogP contribution in [0.5, 0.6) is 11.6 Å². The van der Waals surface area contributed by atoms with E-state index in [1.165, 1.54) is 5.56 Å². The highest BCUT2D eigenvalue weighted by Gasteiger charge is 2.18. The number of nitrogens with zero attached hydrogens (tertiary/aromatic N) is 2. The van der Waals surface area contributed by atoms with Crippen molar-refractivity contribution in [3.05, 3.63) is 65.7 Å². The molecule has 1 aromatic heterocycles. The minimum absolute atomic E-state index is 0.551. The third-order valence-electron chi connectivity index (χ3n) is 3.76. The molecule has 0 unspecified atom stereocenters. The number of aryl methyl sites for hydroxylation is 2. The van der Waals surface area contributed by atoms with E-state index in [-0.39, 0.29) is 0 Å². The molecule has 0 atom stereocenters. The van der Waals surface area contributed by atoms with Gasteiger partial charge in [-0.05, 0) is 32.0 Å². The second-order valence-corrected chi connectivity index (χ2v) is 5.58. The van der Waals surface area contributed by atoms with E-state index in [0.29, 0.717) is 6.54 Å². The Morgan fingerprint density at radius 2 is 1.74 bits per heavy atom. The van der Waals surface area contributed by atoms with Gasteiger partial charge in [0.25, 0.3) is 0 Å². The molecule has 0 aliphatic carbocycles. The summed E-state index contributed by atoms with van der Waals surface area (Å²) >= 11 is 0. The van der Waals surface area contributed by atoms with E-state index in [4.69, 9.17) is 10.5 Å². The largest absolute Gasteiger partial charge is 0.439 e. The van der Waals surface area contributed by atoms with Gasteiger partial charge in [-0.1, -0.05) is 48.0 Å². The summed E-state index contributed by atoms with van der Waals surface area (Å²) in [6, 6.07) is 18.1. The van der Waals surface area contributed by atoms with Crippen molar-refractivity contribution in [1.29, 1.82) is 0 Å². The average Bonchev–Trinajstić information content (AvgIpc) is 2.87. The lowest BCUT2D eigenvalue weighted by atomic mass is 10.1. The van der Waals surface area contributed by atoms with Gasteiger partial charge in [-0.15, -0.1) is 0 Å². The molecule has 0 spiro atoms. The number of rotatable bonds is 5. The summed E-state index contributed by atoms with van der Waals surface area (Å²) in [5.74, 6) is 1.55. The van der Waals surface area contributed by atoms with E-state index >= 15 is 0 Å². The predicted molar refractivity (Wildman–Crippen MR) is 92.7 cm³/mol. The summed E-state index contributed by atoms with van der Waals surface area (Å²) < 4.78 is 7.88. The van der Waals surface area contributed by atoms with Gasteiger partial charge in [0, 0.05) is 18.2 Å². The van der Waals surface area contributed by atoms with Crippen LogP contribution in [0.25, 0.3) is 11.3 Å². The maximum Gasteiger partial charge on any atom is 0.221 e. The summed E-state index contributed by atoms with van der Waals surface area (Å²) in [6.07, 6.45) is 0.721. The van der Waals surface area contributed by atoms with Gasteiger partial charge in [0.15, 0.2) is 0 Å². The summed E-state index contributed by atoms with van der Waals surface area (Å²) in [7, 11) is 1.90. The Morgan fingerprint density at radius 1 is 1.04 bits per heavy atom. The summed E-state index contributed by atoms with van der Waals surface area (Å²) in [6.45, 7) is 2.61. The van der Waals surface area contributed by atoms with Crippen LogP contribution in [0.3, 0.4) is 0 Å². The van der Waals surface area contributed by atoms with Gasteiger partial charge in [0.05, 0.1) is 5.69 Å². The molecule has 3 rings (SSSR count). The molecule has 0 bridgehead atoms. The number of benzene rings is 2. The summed E-state index contributed by atoms with van der Waals surface area (Å²) in [5, 5.41) is 4.65. The van der Waals surface area contributed by atoms with E-state index in [9.17, 15) is 0 Å². The number of ether oxygens (including phenoxy) is 1. The first-order chi connectivity index (χ1) is 11.2. The van der Waals surface area contributed by atoms with Crippen molar-refractivity contribution in [2.45, 2.75) is 13.3 Å². The molecule has 0 aliphatic rings. The normalized spacial score (nSPS) is 10.7. The molecule has 0 saturated heterocycles. The van der Waals surface area contributed by atoms with Crippen molar-refractivity contribution in [2.24, 2.45) is 12.8 Å². The third kappa shape index (κ3) is 3.27. The lowest BCUT2D eigenvalue weighted by molar-refractivity contribution is 0.426. The third-order valence-corrected chi connectivity index (χ3v) is 3.76. The minimum atomic E-state index is 0.551. The molecule has 0 fully saturated rings. The highest BCUT2D eigenvalue weighted by molar-refractivity contribution is 5.65. The van der Waals surface area contributed by atoms with Crippen molar-refractivity contribution in [2.75, 3.05) is 6.54 Å². The lowest BCUT2D eigenvalue weighted by Crippen LogP contribution is -2.05. The fraction of sp³-hybridized carbons (Fsp3) is 0.211. The van der Waals surface area contributed by atoms with Crippen LogP contribution in [0, 0.1) is 6.92 Å². The molecule has 23 heavy (non-hydrogen) atoms. The van der Waals surface area contributed by atoms with Crippen molar-refractivity contribution in [1.82, 2.24) is 9.78 Å². The zero-order valence-electron chi connectivity index (χ0n) is 13.5. The first kappa shape index (κ1) is 15.3. The van der Waals surface area contributed by atoms with Crippen LogP contribution in [-0.2, 0) is 13.5 Å². The van der Waals surface area contributed by atoms with Gasteiger partial charge in [0.2, 0.25) is 5.88 Å². The quantitative estimate of drug-likeness (QED) is 0.782. The van der Waals surface area contributed by atoms with E-state index in [2.05, 4.69) is 24.2 Å². The van der Waals surface area contributed by atoms with Gasteiger partial charge < -0.3 is 10.5 Å². The molecule has 0 amide bonds. The summed E-state index contributed by atoms with van der Waals surface area (Å²) in [5.41, 5.74) is 10.1. The Balaban J connectivity index is 2.02. The zero-order valence-corrected chi connectivity index (χ0v) is 13.5. The first-order valence-electron chi connectivity index (χ1n) is 7.75. The van der Waals surface area contributed by atoms with Crippen molar-refractivity contribution < 1.29 is 4.74 Å². The first-order valence-corrected chi connectivity index (χ1v) is 7.75. The Labute approximate surface area is 136 Å². The van der Waals surface area contributed by atoms with Gasteiger partial charge in [0.1, 0.15) is 5.75 Å². The predicted octanol–water partition coefficient (Wildman–Crippen LogP) is 3.69. The van der Waals surface area contributed by atoms with E-state index in [0.717, 1.165) is 34.9 Å². The van der Waals surface area contributed by atoms with Gasteiger partial charge >= 0.3 is 0 Å². The van der Waals surface area contributed by atoms with E-state index in [1.807, 2.05) is 49.5 Å². The van der Waals surface area contributed by atoms with E-state index in [1.54, 1.807) is 4.68 Å². The monoisotopic (exact) mass is 307 g/mol. The van der Waals surface area contributed by atoms with Crippen LogP contribution in [0.15, 0.2) is 54.6 Å². The average molecular weight is 307 g/mol. The molecule has 0 aliphatic heterocycles. The fourth-order valence-electron chi connectivity index (χ4n) is 2.60. The topological polar surface area (TPSA) is 53.1 Å². The SMILES string of the molecule is Cc1ccc(Oc2c(CCN)c(-c3ccccc3)nn2C)cc1. The van der Waals surface area contributed by atoms with Gasteiger partial charge in [-0.25, -0.2) is 4.68 Å². The fourth-order valence-corrected chi connectivity index (χ4v) is 2.60. The molecular weight excluding hydrogens is 286 g/mol. The Bertz CT molecular complexity index is 776. The zero-order chi connectivity index (χ0) is 16.2. The maximum absolute atomic E-state index is 6.09. The Kier molecular flexibility index (Phi) is 4.44. The highest BCUT2D eigenvalue weighted by atomic mass is 16.5. The highest BCUT2D eigenvalue weighted by Crippen LogP contribution is 2.33. The van der Waals surface area contributed by atoms with Crippen molar-refractivity contribution >= 4 is 0 Å². The number of nitrogens with two attached hydrogens (primary N) is 1. The van der Waals surface area contributed by atoms with Crippen molar-refractivity contribution in [3.63, 3.8) is 0 Å². The molecule has 4 nitrogen and oxygen atoms in total. The molecule has 3 aromatic rings. The van der Waals surface area contributed by atoms with Crippen LogP contribution in [-0.4, -0.2) is 16.3 Å². The molecule has 1 heterocycles. The minimum Gasteiger partial charge on any atom is -0.439 e. The van der Waals surface area contributed by atoms with Crippen LogP contribution >= 0.6 is 0 Å². The second kappa shape index (κ2) is 6.67. The van der Waals surface area contributed by atoms with Crippen LogP contribution < -0.4 is 10.5 Å². The van der Waals surface area contributed by atoms with E-state index < -0.39 is 0 Å². The molecule has 0 saturated carbocycles. The molecule has 2 N–H and O–H groups in total. The molecule has 0 radical (unpaired) electrons. The smallest absolute Gasteiger partial charge is 0.221 e. The Hall–Kier alpha value is -2.59. The van der Waals surface area contributed by atoms with Crippen LogP contribution in [0.4, 0.5) is 0 Å². The summed E-state index contributed by atoms with van der Waals surface area (Å²) in [4.78, 5) is 0. The molecular formula is C19H21N3O. The van der Waals surface area contributed by atoms with Gasteiger partial charge in [-0.2, -0.15) is 5.10 Å². The number of aromatic nitrogens is 2. The van der Waals surface area contributed by atoms with Gasteiger partial charge in [-0.3, -0.25) is 0 Å². The molecule has 4 heteroatoms. The second-order valence-electron chi connectivity index (χ2n) is 5.58. The number of hydrogen-bond acceptors (Lipinski definition) is 3. The Morgan fingerprint density at radius 3 is 2.39 bits per heavy atom. The molecule has 118 valence electrons. The number of hydrogen-bond donors (Lipinski definition) is 1.